The van der Waals surface area contributed by atoms with E-state index in [1.54, 1.807) is 0 Å². The molecular weight excluding hydrogens is 244 g/mol. The third-order valence-electron chi connectivity index (χ3n) is 5.48. The fourth-order valence-corrected chi connectivity index (χ4v) is 4.21. The molecule has 0 aromatic heterocycles. The average molecular weight is 266 g/mol. The van der Waals surface area contributed by atoms with Crippen LogP contribution in [0.3, 0.4) is 0 Å². The minimum atomic E-state index is -0.480. The van der Waals surface area contributed by atoms with Crippen molar-refractivity contribution < 1.29 is 19.7 Å². The first-order valence-corrected chi connectivity index (χ1v) is 7.13. The van der Waals surface area contributed by atoms with Crippen LogP contribution in [-0.2, 0) is 9.53 Å². The number of hydrogen-bond donors (Lipinski definition) is 2. The molecule has 0 spiro atoms. The first kappa shape index (κ1) is 13.1. The van der Waals surface area contributed by atoms with Gasteiger partial charge in [0.1, 0.15) is 6.61 Å². The molecule has 2 aliphatic carbocycles. The molecule has 1 fully saturated rings. The highest BCUT2D eigenvalue weighted by Gasteiger charge is 2.50. The number of cyclic esters (lactones) is 1. The molecule has 0 saturated heterocycles. The van der Waals surface area contributed by atoms with Crippen LogP contribution in [0, 0.1) is 23.2 Å². The number of carbonyl (C=O) groups is 1. The summed E-state index contributed by atoms with van der Waals surface area (Å²) in [6, 6.07) is 0. The van der Waals surface area contributed by atoms with Gasteiger partial charge in [-0.1, -0.05) is 13.8 Å². The highest BCUT2D eigenvalue weighted by atomic mass is 16.5. The number of fused-ring (bicyclic) bond motifs is 2. The lowest BCUT2D eigenvalue weighted by molar-refractivity contribution is -0.136. The Morgan fingerprint density at radius 2 is 2.16 bits per heavy atom. The van der Waals surface area contributed by atoms with Gasteiger partial charge < -0.3 is 14.9 Å². The molecule has 3 aliphatic rings. The zero-order valence-corrected chi connectivity index (χ0v) is 11.6. The molecule has 0 aromatic rings. The molecule has 4 heteroatoms. The maximum absolute atomic E-state index is 11.8. The van der Waals surface area contributed by atoms with Crippen LogP contribution in [0.1, 0.15) is 33.1 Å². The summed E-state index contributed by atoms with van der Waals surface area (Å²) in [6.07, 6.45) is 1.75. The SMILES string of the molecule is C[C@@H]1[C@@H]2C[C@@](C)(CO)C[C@H]2C2=C(C[C@@H]1O)C(=O)OC2. The summed E-state index contributed by atoms with van der Waals surface area (Å²) in [6.45, 7) is 4.72. The summed E-state index contributed by atoms with van der Waals surface area (Å²) in [4.78, 5) is 11.8. The largest absolute Gasteiger partial charge is 0.458 e. The van der Waals surface area contributed by atoms with Crippen LogP contribution in [0.25, 0.3) is 0 Å². The molecule has 1 heterocycles. The van der Waals surface area contributed by atoms with E-state index in [0.717, 1.165) is 18.4 Å². The number of hydrogen-bond acceptors (Lipinski definition) is 4. The van der Waals surface area contributed by atoms with Crippen molar-refractivity contribution in [2.24, 2.45) is 23.2 Å². The summed E-state index contributed by atoms with van der Waals surface area (Å²) in [7, 11) is 0. The summed E-state index contributed by atoms with van der Waals surface area (Å²) in [5, 5.41) is 19.9. The lowest BCUT2D eigenvalue weighted by Gasteiger charge is -2.27. The smallest absolute Gasteiger partial charge is 0.334 e. The average Bonchev–Trinajstić information content (AvgIpc) is 2.89. The Kier molecular flexibility index (Phi) is 2.98. The van der Waals surface area contributed by atoms with E-state index < -0.39 is 6.10 Å². The van der Waals surface area contributed by atoms with Crippen LogP contribution in [-0.4, -0.2) is 35.5 Å². The second-order valence-electron chi connectivity index (χ2n) is 6.86. The quantitative estimate of drug-likeness (QED) is 0.701. The predicted molar refractivity (Wildman–Crippen MR) is 69.2 cm³/mol. The Morgan fingerprint density at radius 1 is 1.42 bits per heavy atom. The molecular formula is C15H22O4. The molecule has 2 N–H and O–H groups in total. The number of carbonyl (C=O) groups excluding carboxylic acids is 1. The Balaban J connectivity index is 2.00. The van der Waals surface area contributed by atoms with Gasteiger partial charge >= 0.3 is 5.97 Å². The molecule has 1 aliphatic heterocycles. The van der Waals surface area contributed by atoms with E-state index in [0.29, 0.717) is 24.5 Å². The number of ether oxygens (including phenoxy) is 1. The fraction of sp³-hybridized carbons (Fsp3) is 0.800. The molecule has 0 aromatic carbocycles. The molecule has 0 amide bonds. The van der Waals surface area contributed by atoms with Crippen molar-refractivity contribution in [3.05, 3.63) is 11.1 Å². The standard InChI is InChI=1S/C15H22O4/c1-8-10-4-15(2,7-16)5-11(10)12-6-19-14(18)9(12)3-13(8)17/h8,10-11,13,16-17H,3-7H2,1-2H3/t8-,10+,11-,13+,15-/m1/s1. The number of aliphatic hydroxyl groups is 2. The van der Waals surface area contributed by atoms with E-state index in [4.69, 9.17) is 4.74 Å². The van der Waals surface area contributed by atoms with Gasteiger partial charge in [-0.2, -0.15) is 0 Å². The van der Waals surface area contributed by atoms with E-state index in [2.05, 4.69) is 13.8 Å². The van der Waals surface area contributed by atoms with Gasteiger partial charge in [0.2, 0.25) is 0 Å². The highest BCUT2D eigenvalue weighted by molar-refractivity contribution is 5.92. The summed E-state index contributed by atoms with van der Waals surface area (Å²) >= 11 is 0. The van der Waals surface area contributed by atoms with Crippen molar-refractivity contribution in [3.63, 3.8) is 0 Å². The number of esters is 1. The van der Waals surface area contributed by atoms with Crippen LogP contribution in [0.5, 0.6) is 0 Å². The first-order valence-electron chi connectivity index (χ1n) is 7.13. The molecule has 0 unspecified atom stereocenters. The summed E-state index contributed by atoms with van der Waals surface area (Å²) in [5.74, 6) is 0.538. The van der Waals surface area contributed by atoms with Gasteiger partial charge in [0, 0.05) is 18.6 Å². The van der Waals surface area contributed by atoms with Crippen molar-refractivity contribution in [1.29, 1.82) is 0 Å². The lowest BCUT2D eigenvalue weighted by atomic mass is 9.80. The van der Waals surface area contributed by atoms with Crippen LogP contribution in [0.4, 0.5) is 0 Å². The Morgan fingerprint density at radius 3 is 2.84 bits per heavy atom. The summed E-state index contributed by atoms with van der Waals surface area (Å²) in [5.41, 5.74) is 1.70. The zero-order chi connectivity index (χ0) is 13.8. The molecule has 5 atom stereocenters. The van der Waals surface area contributed by atoms with E-state index in [1.807, 2.05) is 0 Å². The van der Waals surface area contributed by atoms with E-state index in [-0.39, 0.29) is 29.8 Å². The monoisotopic (exact) mass is 266 g/mol. The third kappa shape index (κ3) is 1.93. The van der Waals surface area contributed by atoms with Gasteiger partial charge in [0.05, 0.1) is 6.10 Å². The predicted octanol–water partition coefficient (Wildman–Crippen LogP) is 1.27. The molecule has 0 radical (unpaired) electrons. The Labute approximate surface area is 113 Å². The van der Waals surface area contributed by atoms with Crippen LogP contribution < -0.4 is 0 Å². The fourth-order valence-electron chi connectivity index (χ4n) is 4.21. The van der Waals surface area contributed by atoms with Gasteiger partial charge in [-0.3, -0.25) is 0 Å². The minimum Gasteiger partial charge on any atom is -0.458 e. The van der Waals surface area contributed by atoms with Crippen LogP contribution in [0.2, 0.25) is 0 Å². The van der Waals surface area contributed by atoms with Crippen LogP contribution in [0.15, 0.2) is 11.1 Å². The normalized spacial score (nSPS) is 45.8. The van der Waals surface area contributed by atoms with Crippen LogP contribution >= 0.6 is 0 Å². The molecule has 0 bridgehead atoms. The maximum Gasteiger partial charge on any atom is 0.334 e. The van der Waals surface area contributed by atoms with E-state index in [1.165, 1.54) is 0 Å². The highest BCUT2D eigenvalue weighted by Crippen LogP contribution is 2.54. The minimum absolute atomic E-state index is 0.0929. The molecule has 1 saturated carbocycles. The van der Waals surface area contributed by atoms with Crippen molar-refractivity contribution in [2.75, 3.05) is 13.2 Å². The third-order valence-corrected chi connectivity index (χ3v) is 5.48. The van der Waals surface area contributed by atoms with E-state index >= 15 is 0 Å². The molecule has 3 rings (SSSR count). The first-order chi connectivity index (χ1) is 8.95. The number of aliphatic hydroxyl groups excluding tert-OH is 2. The van der Waals surface area contributed by atoms with Crippen molar-refractivity contribution in [2.45, 2.75) is 39.2 Å². The van der Waals surface area contributed by atoms with Crippen molar-refractivity contribution in [1.82, 2.24) is 0 Å². The lowest BCUT2D eigenvalue weighted by Crippen LogP contribution is -2.27. The van der Waals surface area contributed by atoms with Gasteiger partial charge in [-0.05, 0) is 41.6 Å². The maximum atomic E-state index is 11.8. The van der Waals surface area contributed by atoms with Gasteiger partial charge in [0.15, 0.2) is 0 Å². The molecule has 106 valence electrons. The van der Waals surface area contributed by atoms with Gasteiger partial charge in [-0.25, -0.2) is 4.79 Å². The zero-order valence-electron chi connectivity index (χ0n) is 11.6. The second kappa shape index (κ2) is 4.32. The van der Waals surface area contributed by atoms with Crippen molar-refractivity contribution >= 4 is 5.97 Å². The topological polar surface area (TPSA) is 66.8 Å². The van der Waals surface area contributed by atoms with Gasteiger partial charge in [0.25, 0.3) is 0 Å². The van der Waals surface area contributed by atoms with E-state index in [9.17, 15) is 15.0 Å². The Bertz CT molecular complexity index is 441. The molecule has 19 heavy (non-hydrogen) atoms. The summed E-state index contributed by atoms with van der Waals surface area (Å²) < 4.78 is 5.16. The second-order valence-corrected chi connectivity index (χ2v) is 6.86. The Hall–Kier alpha value is -0.870. The van der Waals surface area contributed by atoms with Gasteiger partial charge in [-0.15, -0.1) is 0 Å². The number of rotatable bonds is 1. The molecule has 4 nitrogen and oxygen atoms in total. The van der Waals surface area contributed by atoms with Crippen molar-refractivity contribution in [3.8, 4) is 0 Å².